The van der Waals surface area contributed by atoms with Gasteiger partial charge in [0.05, 0.1) is 7.11 Å². The fraction of sp³-hybridized carbons (Fsp3) is 0.524. The Morgan fingerprint density at radius 1 is 1.22 bits per heavy atom. The van der Waals surface area contributed by atoms with Gasteiger partial charge in [-0.2, -0.15) is 0 Å². The van der Waals surface area contributed by atoms with E-state index in [0.717, 1.165) is 61.3 Å². The number of aromatic nitrogens is 1. The van der Waals surface area contributed by atoms with Crippen LogP contribution in [0.5, 0.6) is 5.75 Å². The maximum atomic E-state index is 12.6. The van der Waals surface area contributed by atoms with E-state index in [-0.39, 0.29) is 11.9 Å². The number of methoxy groups -OCH3 is 1. The number of rotatable bonds is 6. The first-order valence-electron chi connectivity index (χ1n) is 9.88. The average molecular weight is 369 g/mol. The molecule has 0 spiro atoms. The number of aryl methyl sites for hydroxylation is 1. The van der Waals surface area contributed by atoms with Gasteiger partial charge in [0.1, 0.15) is 11.5 Å². The van der Waals surface area contributed by atoms with Crippen molar-refractivity contribution < 1.29 is 14.1 Å². The maximum Gasteiger partial charge on any atom is 0.273 e. The summed E-state index contributed by atoms with van der Waals surface area (Å²) in [6.45, 7) is 0.735. The number of carbonyl (C=O) groups excluding carboxylic acids is 1. The molecule has 0 aliphatic heterocycles. The molecule has 0 saturated heterocycles. The molecule has 2 N–H and O–H groups in total. The molecule has 1 fully saturated rings. The first-order valence-corrected chi connectivity index (χ1v) is 9.88. The maximum absolute atomic E-state index is 12.6. The Balaban J connectivity index is 1.40. The van der Waals surface area contributed by atoms with E-state index < -0.39 is 0 Å². The van der Waals surface area contributed by atoms with E-state index in [4.69, 9.17) is 9.26 Å². The summed E-state index contributed by atoms with van der Waals surface area (Å²) in [5.41, 5.74) is 2.57. The highest BCUT2D eigenvalue weighted by atomic mass is 16.5. The Bertz CT molecular complexity index is 796. The molecule has 0 radical (unpaired) electrons. The fourth-order valence-electron chi connectivity index (χ4n) is 4.18. The summed E-state index contributed by atoms with van der Waals surface area (Å²) in [6, 6.07) is 8.61. The molecule has 1 heterocycles. The predicted molar refractivity (Wildman–Crippen MR) is 102 cm³/mol. The van der Waals surface area contributed by atoms with Gasteiger partial charge in [0, 0.05) is 36.2 Å². The molecule has 1 unspecified atom stereocenters. The number of amides is 1. The van der Waals surface area contributed by atoms with Gasteiger partial charge in [-0.25, -0.2) is 0 Å². The molecule has 1 saturated carbocycles. The highest BCUT2D eigenvalue weighted by Crippen LogP contribution is 2.26. The van der Waals surface area contributed by atoms with Gasteiger partial charge in [-0.3, -0.25) is 4.79 Å². The lowest BCUT2D eigenvalue weighted by Crippen LogP contribution is -2.36. The molecule has 6 heteroatoms. The first-order chi connectivity index (χ1) is 13.2. The van der Waals surface area contributed by atoms with Gasteiger partial charge < -0.3 is 19.9 Å². The molecule has 27 heavy (non-hydrogen) atoms. The van der Waals surface area contributed by atoms with Gasteiger partial charge in [0.15, 0.2) is 5.69 Å². The zero-order chi connectivity index (χ0) is 18.6. The van der Waals surface area contributed by atoms with Crippen molar-refractivity contribution in [3.63, 3.8) is 0 Å². The monoisotopic (exact) mass is 369 g/mol. The van der Waals surface area contributed by atoms with Crippen LogP contribution in [0.4, 0.5) is 0 Å². The van der Waals surface area contributed by atoms with Crippen LogP contribution in [-0.4, -0.2) is 30.3 Å². The Kier molecular flexibility index (Phi) is 5.43. The van der Waals surface area contributed by atoms with Gasteiger partial charge >= 0.3 is 0 Å². The van der Waals surface area contributed by atoms with Crippen molar-refractivity contribution in [2.75, 3.05) is 7.11 Å². The van der Waals surface area contributed by atoms with Gasteiger partial charge in [-0.1, -0.05) is 36.2 Å². The highest BCUT2D eigenvalue weighted by Gasteiger charge is 2.29. The summed E-state index contributed by atoms with van der Waals surface area (Å²) in [5.74, 6) is 1.67. The van der Waals surface area contributed by atoms with E-state index in [1.165, 1.54) is 12.8 Å². The highest BCUT2D eigenvalue weighted by molar-refractivity contribution is 5.94. The molecule has 144 valence electrons. The van der Waals surface area contributed by atoms with Crippen molar-refractivity contribution in [1.29, 1.82) is 0 Å². The quantitative estimate of drug-likeness (QED) is 0.819. The number of carbonyl (C=O) groups is 1. The topological polar surface area (TPSA) is 76.4 Å². The lowest BCUT2D eigenvalue weighted by molar-refractivity contribution is 0.0928. The second-order valence-corrected chi connectivity index (χ2v) is 7.52. The summed E-state index contributed by atoms with van der Waals surface area (Å²) < 4.78 is 10.9. The molecule has 6 nitrogen and oxygen atoms in total. The van der Waals surface area contributed by atoms with E-state index >= 15 is 0 Å². The molecule has 1 atom stereocenters. The standard InChI is InChI=1S/C21H27N3O3/c1-26-18-9-5-2-6-14(18)13-22-16-10-11-19-17(12-16)20(24-27-19)21(25)23-15-7-3-4-8-15/h2,5-6,9,15-16,22H,3-4,7-8,10-13H2,1H3,(H,23,25). The van der Waals surface area contributed by atoms with Gasteiger partial charge in [0.2, 0.25) is 0 Å². The zero-order valence-corrected chi connectivity index (χ0v) is 15.8. The number of para-hydroxylation sites is 1. The summed E-state index contributed by atoms with van der Waals surface area (Å²) >= 11 is 0. The minimum Gasteiger partial charge on any atom is -0.496 e. The van der Waals surface area contributed by atoms with Crippen LogP contribution in [0.15, 0.2) is 28.8 Å². The molecule has 1 aromatic heterocycles. The predicted octanol–water partition coefficient (Wildman–Crippen LogP) is 3.00. The van der Waals surface area contributed by atoms with E-state index in [1.54, 1.807) is 7.11 Å². The number of benzene rings is 1. The molecule has 0 bridgehead atoms. The summed E-state index contributed by atoms with van der Waals surface area (Å²) in [4.78, 5) is 12.6. The third-order valence-corrected chi connectivity index (χ3v) is 5.72. The first kappa shape index (κ1) is 18.0. The van der Waals surface area contributed by atoms with Crippen molar-refractivity contribution in [1.82, 2.24) is 15.8 Å². The van der Waals surface area contributed by atoms with Crippen LogP contribution < -0.4 is 15.4 Å². The summed E-state index contributed by atoms with van der Waals surface area (Å²) in [5, 5.41) is 10.8. The third-order valence-electron chi connectivity index (χ3n) is 5.72. The van der Waals surface area contributed by atoms with Crippen molar-refractivity contribution in [3.05, 3.63) is 46.8 Å². The Morgan fingerprint density at radius 3 is 2.85 bits per heavy atom. The van der Waals surface area contributed by atoms with Crippen molar-refractivity contribution in [2.24, 2.45) is 0 Å². The lowest BCUT2D eigenvalue weighted by Gasteiger charge is -2.23. The number of nitrogens with one attached hydrogen (secondary N) is 2. The fourth-order valence-corrected chi connectivity index (χ4v) is 4.18. The van der Waals surface area contributed by atoms with Gasteiger partial charge in [0.25, 0.3) is 5.91 Å². The van der Waals surface area contributed by atoms with E-state index in [2.05, 4.69) is 21.9 Å². The molecule has 1 amide bonds. The SMILES string of the molecule is COc1ccccc1CNC1CCc2onc(C(=O)NC3CCCC3)c2C1. The Hall–Kier alpha value is -2.34. The van der Waals surface area contributed by atoms with Crippen molar-refractivity contribution in [2.45, 2.75) is 63.6 Å². The lowest BCUT2D eigenvalue weighted by atomic mass is 9.91. The molecule has 4 rings (SSSR count). The van der Waals surface area contributed by atoms with Gasteiger partial charge in [-0.15, -0.1) is 0 Å². The van der Waals surface area contributed by atoms with E-state index in [1.807, 2.05) is 18.2 Å². The Labute approximate surface area is 159 Å². The number of nitrogens with zero attached hydrogens (tertiary/aromatic N) is 1. The molecule has 2 aromatic rings. The van der Waals surface area contributed by atoms with Crippen LogP contribution in [0.1, 0.15) is 59.5 Å². The molecule has 1 aromatic carbocycles. The second-order valence-electron chi connectivity index (χ2n) is 7.52. The van der Waals surface area contributed by atoms with Crippen LogP contribution >= 0.6 is 0 Å². The third kappa shape index (κ3) is 4.00. The smallest absolute Gasteiger partial charge is 0.273 e. The normalized spacial score (nSPS) is 19.7. The van der Waals surface area contributed by atoms with Crippen LogP contribution in [0.3, 0.4) is 0 Å². The number of ether oxygens (including phenoxy) is 1. The second kappa shape index (κ2) is 8.13. The minimum absolute atomic E-state index is 0.0859. The van der Waals surface area contributed by atoms with Gasteiger partial charge in [-0.05, 0) is 31.7 Å². The number of fused-ring (bicyclic) bond motifs is 1. The number of hydrogen-bond acceptors (Lipinski definition) is 5. The molecular formula is C21H27N3O3. The summed E-state index contributed by atoms with van der Waals surface area (Å²) in [6.07, 6.45) is 7.06. The number of hydrogen-bond donors (Lipinski definition) is 2. The van der Waals surface area contributed by atoms with Crippen LogP contribution in [0.25, 0.3) is 0 Å². The van der Waals surface area contributed by atoms with Crippen LogP contribution in [0.2, 0.25) is 0 Å². The Morgan fingerprint density at radius 2 is 2.04 bits per heavy atom. The van der Waals surface area contributed by atoms with Crippen molar-refractivity contribution in [3.8, 4) is 5.75 Å². The van der Waals surface area contributed by atoms with Crippen LogP contribution in [-0.2, 0) is 19.4 Å². The van der Waals surface area contributed by atoms with E-state index in [9.17, 15) is 4.79 Å². The molecular weight excluding hydrogens is 342 g/mol. The molecule has 2 aliphatic carbocycles. The zero-order valence-electron chi connectivity index (χ0n) is 15.8. The van der Waals surface area contributed by atoms with E-state index in [0.29, 0.717) is 11.7 Å². The average Bonchev–Trinajstić information content (AvgIpc) is 3.35. The minimum atomic E-state index is -0.0859. The summed E-state index contributed by atoms with van der Waals surface area (Å²) in [7, 11) is 1.69. The molecule has 2 aliphatic rings. The largest absolute Gasteiger partial charge is 0.496 e. The van der Waals surface area contributed by atoms with Crippen LogP contribution in [0, 0.1) is 0 Å². The van der Waals surface area contributed by atoms with Crippen molar-refractivity contribution >= 4 is 5.91 Å².